The number of aromatic nitrogens is 1. The van der Waals surface area contributed by atoms with E-state index in [0.29, 0.717) is 13.0 Å². The molecule has 2 saturated heterocycles. The molecule has 3 heterocycles. The SMILES string of the molecule is O=C(Cc1ccccn1)N1CCCCN2[C@H](C1)[C@@H](c1ccc(-c3ccc(F)cc3)cc1)[C@@H]2CO. The first-order valence-electron chi connectivity index (χ1n) is 12.0. The van der Waals surface area contributed by atoms with Crippen LogP contribution in [0.25, 0.3) is 11.1 Å². The molecule has 2 aliphatic rings. The van der Waals surface area contributed by atoms with Crippen molar-refractivity contribution < 1.29 is 14.3 Å². The van der Waals surface area contributed by atoms with Crippen LogP contribution in [0.3, 0.4) is 0 Å². The molecule has 1 aromatic heterocycles. The average Bonchev–Trinajstić information content (AvgIpc) is 2.84. The number of pyridine rings is 1. The van der Waals surface area contributed by atoms with Gasteiger partial charge in [0.2, 0.25) is 5.91 Å². The molecule has 0 unspecified atom stereocenters. The number of nitrogens with zero attached hydrogens (tertiary/aromatic N) is 3. The van der Waals surface area contributed by atoms with Crippen molar-refractivity contribution in [3.63, 3.8) is 0 Å². The maximum Gasteiger partial charge on any atom is 0.228 e. The van der Waals surface area contributed by atoms with Crippen LogP contribution in [0.5, 0.6) is 0 Å². The standard InChI is InChI=1S/C28H30FN3O2/c29-23-12-10-21(11-13-23)20-6-8-22(9-7-20)28-25-18-31(15-3-4-16-32(25)26(28)19-33)27(34)17-24-5-1-2-14-30-24/h1-2,5-14,25-26,28,33H,3-4,15-19H2/t25-,26+,28-/m1/s1. The Kier molecular flexibility index (Phi) is 6.70. The third-order valence-electron chi connectivity index (χ3n) is 7.25. The van der Waals surface area contributed by atoms with Crippen LogP contribution in [0.2, 0.25) is 0 Å². The minimum atomic E-state index is -0.243. The Morgan fingerprint density at radius 2 is 1.68 bits per heavy atom. The van der Waals surface area contributed by atoms with Crippen molar-refractivity contribution in [1.82, 2.24) is 14.8 Å². The van der Waals surface area contributed by atoms with E-state index in [2.05, 4.69) is 34.1 Å². The normalized spacial score (nSPS) is 22.9. The van der Waals surface area contributed by atoms with Gasteiger partial charge in [0, 0.05) is 43.0 Å². The second kappa shape index (κ2) is 10.0. The number of carbonyl (C=O) groups is 1. The molecule has 0 spiro atoms. The number of rotatable bonds is 5. The molecule has 1 N–H and O–H groups in total. The number of aliphatic hydroxyl groups excluding tert-OH is 1. The second-order valence-electron chi connectivity index (χ2n) is 9.25. The fourth-order valence-corrected chi connectivity index (χ4v) is 5.48. The van der Waals surface area contributed by atoms with Crippen LogP contribution >= 0.6 is 0 Å². The molecule has 2 fully saturated rings. The smallest absolute Gasteiger partial charge is 0.228 e. The zero-order valence-electron chi connectivity index (χ0n) is 19.2. The summed E-state index contributed by atoms with van der Waals surface area (Å²) in [7, 11) is 0. The molecule has 3 aromatic rings. The van der Waals surface area contributed by atoms with Gasteiger partial charge in [0.15, 0.2) is 0 Å². The molecular formula is C28H30FN3O2. The summed E-state index contributed by atoms with van der Waals surface area (Å²) in [6.45, 7) is 2.47. The third-order valence-corrected chi connectivity index (χ3v) is 7.25. The van der Waals surface area contributed by atoms with E-state index < -0.39 is 0 Å². The average molecular weight is 460 g/mol. The quantitative estimate of drug-likeness (QED) is 0.629. The fourth-order valence-electron chi connectivity index (χ4n) is 5.48. The van der Waals surface area contributed by atoms with Crippen molar-refractivity contribution in [3.05, 3.63) is 90.0 Å². The van der Waals surface area contributed by atoms with Gasteiger partial charge in [-0.2, -0.15) is 0 Å². The zero-order valence-corrected chi connectivity index (χ0v) is 19.2. The predicted molar refractivity (Wildman–Crippen MR) is 130 cm³/mol. The van der Waals surface area contributed by atoms with E-state index >= 15 is 0 Å². The minimum absolute atomic E-state index is 0.0625. The summed E-state index contributed by atoms with van der Waals surface area (Å²) in [5.41, 5.74) is 3.97. The van der Waals surface area contributed by atoms with Gasteiger partial charge in [-0.3, -0.25) is 14.7 Å². The second-order valence-corrected chi connectivity index (χ2v) is 9.25. The first-order chi connectivity index (χ1) is 16.6. The van der Waals surface area contributed by atoms with Crippen LogP contribution in [-0.4, -0.2) is 64.1 Å². The predicted octanol–water partition coefficient (Wildman–Crippen LogP) is 3.88. The van der Waals surface area contributed by atoms with Crippen molar-refractivity contribution >= 4 is 5.91 Å². The molecule has 0 radical (unpaired) electrons. The summed E-state index contributed by atoms with van der Waals surface area (Å²) < 4.78 is 13.3. The maximum atomic E-state index is 13.3. The topological polar surface area (TPSA) is 56.7 Å². The highest BCUT2D eigenvalue weighted by Gasteiger charge is 2.49. The first kappa shape index (κ1) is 22.7. The number of benzene rings is 2. The van der Waals surface area contributed by atoms with Crippen molar-refractivity contribution in [2.45, 2.75) is 37.3 Å². The molecule has 2 aromatic carbocycles. The lowest BCUT2D eigenvalue weighted by Gasteiger charge is -2.57. The Morgan fingerprint density at radius 3 is 2.35 bits per heavy atom. The van der Waals surface area contributed by atoms with Crippen LogP contribution in [0.1, 0.15) is 30.0 Å². The van der Waals surface area contributed by atoms with Gasteiger partial charge >= 0.3 is 0 Å². The van der Waals surface area contributed by atoms with Crippen molar-refractivity contribution in [1.29, 1.82) is 0 Å². The van der Waals surface area contributed by atoms with Gasteiger partial charge in [-0.25, -0.2) is 4.39 Å². The Bertz CT molecular complexity index is 1100. The van der Waals surface area contributed by atoms with Gasteiger partial charge < -0.3 is 10.0 Å². The number of halogens is 1. The van der Waals surface area contributed by atoms with E-state index in [-0.39, 0.29) is 36.3 Å². The number of hydrogen-bond donors (Lipinski definition) is 1. The highest BCUT2D eigenvalue weighted by molar-refractivity contribution is 5.78. The number of hydrogen-bond acceptors (Lipinski definition) is 4. The number of aliphatic hydroxyl groups is 1. The lowest BCUT2D eigenvalue weighted by molar-refractivity contribution is -0.135. The Hall–Kier alpha value is -3.09. The van der Waals surface area contributed by atoms with Gasteiger partial charge in [-0.15, -0.1) is 0 Å². The summed E-state index contributed by atoms with van der Waals surface area (Å²) in [6.07, 6.45) is 4.01. The third kappa shape index (κ3) is 4.61. The molecule has 0 bridgehead atoms. The zero-order chi connectivity index (χ0) is 23.5. The van der Waals surface area contributed by atoms with Crippen LogP contribution in [0, 0.1) is 5.82 Å². The van der Waals surface area contributed by atoms with Crippen LogP contribution in [-0.2, 0) is 11.2 Å². The summed E-state index contributed by atoms with van der Waals surface area (Å²) in [5, 5.41) is 10.2. The van der Waals surface area contributed by atoms with Crippen LogP contribution in [0.4, 0.5) is 4.39 Å². The van der Waals surface area contributed by atoms with Gasteiger partial charge in [-0.05, 0) is 60.3 Å². The maximum absolute atomic E-state index is 13.3. The highest BCUT2D eigenvalue weighted by atomic mass is 19.1. The molecule has 2 aliphatic heterocycles. The van der Waals surface area contributed by atoms with E-state index in [9.17, 15) is 14.3 Å². The molecule has 1 amide bonds. The lowest BCUT2D eigenvalue weighted by atomic mass is 9.74. The van der Waals surface area contributed by atoms with E-state index in [1.54, 1.807) is 18.3 Å². The van der Waals surface area contributed by atoms with E-state index in [1.165, 1.54) is 17.7 Å². The minimum Gasteiger partial charge on any atom is -0.395 e. The number of amides is 1. The molecule has 34 heavy (non-hydrogen) atoms. The molecule has 176 valence electrons. The van der Waals surface area contributed by atoms with Crippen molar-refractivity contribution in [3.8, 4) is 11.1 Å². The Morgan fingerprint density at radius 1 is 0.971 bits per heavy atom. The largest absolute Gasteiger partial charge is 0.395 e. The molecular weight excluding hydrogens is 429 g/mol. The fraction of sp³-hybridized carbons (Fsp3) is 0.357. The summed E-state index contributed by atoms with van der Waals surface area (Å²) in [6, 6.07) is 20.8. The number of carbonyl (C=O) groups excluding carboxylic acids is 1. The van der Waals surface area contributed by atoms with Crippen LogP contribution in [0.15, 0.2) is 72.9 Å². The Balaban J connectivity index is 1.34. The monoisotopic (exact) mass is 459 g/mol. The molecule has 0 saturated carbocycles. The first-order valence-corrected chi connectivity index (χ1v) is 12.0. The van der Waals surface area contributed by atoms with Gasteiger partial charge in [0.05, 0.1) is 13.0 Å². The summed E-state index contributed by atoms with van der Waals surface area (Å²) in [5.74, 6) is 0.0288. The number of fused-ring (bicyclic) bond motifs is 1. The Labute approximate surface area is 199 Å². The van der Waals surface area contributed by atoms with Gasteiger partial charge in [-0.1, -0.05) is 42.5 Å². The molecule has 5 nitrogen and oxygen atoms in total. The van der Waals surface area contributed by atoms with Crippen LogP contribution < -0.4 is 0 Å². The van der Waals surface area contributed by atoms with E-state index in [0.717, 1.165) is 42.8 Å². The highest BCUT2D eigenvalue weighted by Crippen LogP contribution is 2.42. The van der Waals surface area contributed by atoms with Crippen molar-refractivity contribution in [2.75, 3.05) is 26.2 Å². The summed E-state index contributed by atoms with van der Waals surface area (Å²) >= 11 is 0. The molecule has 3 atom stereocenters. The molecule has 0 aliphatic carbocycles. The molecule has 5 rings (SSSR count). The molecule has 6 heteroatoms. The summed E-state index contributed by atoms with van der Waals surface area (Å²) in [4.78, 5) is 21.8. The van der Waals surface area contributed by atoms with Gasteiger partial charge in [0.1, 0.15) is 5.82 Å². The van der Waals surface area contributed by atoms with Gasteiger partial charge in [0.25, 0.3) is 0 Å². The van der Waals surface area contributed by atoms with Crippen molar-refractivity contribution in [2.24, 2.45) is 0 Å². The van der Waals surface area contributed by atoms with E-state index in [1.807, 2.05) is 23.1 Å². The lowest BCUT2D eigenvalue weighted by Crippen LogP contribution is -2.68. The van der Waals surface area contributed by atoms with E-state index in [4.69, 9.17) is 0 Å².